The number of nitrogens with two attached hydrogens (primary N) is 1. The van der Waals surface area contributed by atoms with Crippen molar-refractivity contribution >= 4 is 22.4 Å². The maximum Gasteiger partial charge on any atom is 0.220 e. The van der Waals surface area contributed by atoms with Gasteiger partial charge in [-0.2, -0.15) is 0 Å². The third-order valence-electron chi connectivity index (χ3n) is 4.36. The van der Waals surface area contributed by atoms with E-state index in [9.17, 15) is 4.79 Å². The number of primary amides is 1. The zero-order valence-electron chi connectivity index (χ0n) is 11.8. The zero-order valence-corrected chi connectivity index (χ0v) is 11.8. The molecule has 1 aliphatic rings. The van der Waals surface area contributed by atoms with Crippen molar-refractivity contribution in [3.63, 3.8) is 0 Å². The molecule has 0 aliphatic heterocycles. The summed E-state index contributed by atoms with van der Waals surface area (Å²) in [4.78, 5) is 13.5. The second-order valence-electron chi connectivity index (χ2n) is 5.54. The van der Waals surface area contributed by atoms with Crippen molar-refractivity contribution in [3.05, 3.63) is 42.5 Å². The van der Waals surface area contributed by atoms with Crippen LogP contribution in [0.5, 0.6) is 0 Å². The van der Waals surface area contributed by atoms with E-state index < -0.39 is 0 Å². The predicted molar refractivity (Wildman–Crippen MR) is 82.7 cm³/mol. The second-order valence-corrected chi connectivity index (χ2v) is 5.54. The van der Waals surface area contributed by atoms with Gasteiger partial charge in [0.1, 0.15) is 0 Å². The summed E-state index contributed by atoms with van der Waals surface area (Å²) in [6.45, 7) is 3.11. The van der Waals surface area contributed by atoms with Crippen LogP contribution >= 0.6 is 0 Å². The van der Waals surface area contributed by atoms with Crippen molar-refractivity contribution in [1.82, 2.24) is 0 Å². The number of nitrogens with zero attached hydrogens (tertiary/aromatic N) is 1. The molecule has 1 aliphatic carbocycles. The molecule has 0 atom stereocenters. The molecule has 20 heavy (non-hydrogen) atoms. The number of anilines is 1. The highest BCUT2D eigenvalue weighted by atomic mass is 16.1. The largest absolute Gasteiger partial charge is 0.369 e. The van der Waals surface area contributed by atoms with E-state index in [1.165, 1.54) is 16.5 Å². The first-order chi connectivity index (χ1) is 9.69. The maximum absolute atomic E-state index is 11.2. The number of benzene rings is 2. The Labute approximate surface area is 119 Å². The van der Waals surface area contributed by atoms with Crippen LogP contribution in [-0.2, 0) is 4.79 Å². The lowest BCUT2D eigenvalue weighted by molar-refractivity contribution is -0.124. The third-order valence-corrected chi connectivity index (χ3v) is 4.36. The lowest BCUT2D eigenvalue weighted by atomic mass is 9.78. The normalized spacial score (nSPS) is 21.4. The summed E-state index contributed by atoms with van der Waals surface area (Å²) in [5.41, 5.74) is 6.59. The van der Waals surface area contributed by atoms with Crippen LogP contribution in [0.2, 0.25) is 0 Å². The Balaban J connectivity index is 1.83. The molecule has 1 amide bonds. The predicted octanol–water partition coefficient (Wildman–Crippen LogP) is 2.93. The van der Waals surface area contributed by atoms with E-state index >= 15 is 0 Å². The minimum absolute atomic E-state index is 0.0644. The molecule has 0 unspecified atom stereocenters. The SMILES string of the molecule is CCN(c1ccc2ccccc2c1)C1CC(C(N)=O)C1. The van der Waals surface area contributed by atoms with Crippen molar-refractivity contribution in [2.75, 3.05) is 11.4 Å². The molecule has 3 heteroatoms. The van der Waals surface area contributed by atoms with Gasteiger partial charge in [-0.05, 0) is 42.7 Å². The van der Waals surface area contributed by atoms with Gasteiger partial charge in [0.2, 0.25) is 5.91 Å². The fourth-order valence-corrected chi connectivity index (χ4v) is 3.08. The fraction of sp³-hybridized carbons (Fsp3) is 0.353. The van der Waals surface area contributed by atoms with Gasteiger partial charge in [0.25, 0.3) is 0 Å². The summed E-state index contributed by atoms with van der Waals surface area (Å²) < 4.78 is 0. The van der Waals surface area contributed by atoms with Gasteiger partial charge in [-0.25, -0.2) is 0 Å². The van der Waals surface area contributed by atoms with Crippen molar-refractivity contribution in [2.24, 2.45) is 11.7 Å². The van der Waals surface area contributed by atoms with E-state index in [-0.39, 0.29) is 11.8 Å². The average molecular weight is 268 g/mol. The van der Waals surface area contributed by atoms with Gasteiger partial charge in [-0.1, -0.05) is 30.3 Å². The highest BCUT2D eigenvalue weighted by Crippen LogP contribution is 2.35. The van der Waals surface area contributed by atoms with Crippen LogP contribution in [-0.4, -0.2) is 18.5 Å². The van der Waals surface area contributed by atoms with Crippen LogP contribution in [0.1, 0.15) is 19.8 Å². The van der Waals surface area contributed by atoms with Crippen LogP contribution in [0.15, 0.2) is 42.5 Å². The van der Waals surface area contributed by atoms with Crippen LogP contribution in [0.4, 0.5) is 5.69 Å². The molecule has 2 N–H and O–H groups in total. The van der Waals surface area contributed by atoms with Gasteiger partial charge < -0.3 is 10.6 Å². The molecule has 1 fully saturated rings. The Morgan fingerprint density at radius 2 is 1.90 bits per heavy atom. The highest BCUT2D eigenvalue weighted by Gasteiger charge is 2.36. The Hall–Kier alpha value is -2.03. The van der Waals surface area contributed by atoms with Gasteiger partial charge in [0, 0.05) is 24.2 Å². The molecule has 2 aromatic rings. The molecule has 3 nitrogen and oxygen atoms in total. The maximum atomic E-state index is 11.2. The van der Waals surface area contributed by atoms with Crippen LogP contribution in [0.3, 0.4) is 0 Å². The van der Waals surface area contributed by atoms with Crippen LogP contribution in [0.25, 0.3) is 10.8 Å². The monoisotopic (exact) mass is 268 g/mol. The topological polar surface area (TPSA) is 46.3 Å². The van der Waals surface area contributed by atoms with Crippen molar-refractivity contribution in [3.8, 4) is 0 Å². The summed E-state index contributed by atoms with van der Waals surface area (Å²) >= 11 is 0. The summed E-state index contributed by atoms with van der Waals surface area (Å²) in [5.74, 6) is -0.0923. The van der Waals surface area contributed by atoms with Crippen LogP contribution < -0.4 is 10.6 Å². The van der Waals surface area contributed by atoms with Gasteiger partial charge in [0.15, 0.2) is 0 Å². The van der Waals surface area contributed by atoms with Crippen LogP contribution in [0, 0.1) is 5.92 Å². The van der Waals surface area contributed by atoms with Gasteiger partial charge in [-0.3, -0.25) is 4.79 Å². The standard InChI is InChI=1S/C17H20N2O/c1-2-19(16-10-14(11-16)17(18)20)15-8-7-12-5-3-4-6-13(12)9-15/h3-9,14,16H,2,10-11H2,1H3,(H2,18,20). The molecular weight excluding hydrogens is 248 g/mol. The van der Waals surface area contributed by atoms with E-state index in [1.54, 1.807) is 0 Å². The lowest BCUT2D eigenvalue weighted by Gasteiger charge is -2.42. The second kappa shape index (κ2) is 5.16. The van der Waals surface area contributed by atoms with E-state index in [1.807, 2.05) is 0 Å². The number of rotatable bonds is 4. The van der Waals surface area contributed by atoms with Crippen molar-refractivity contribution < 1.29 is 4.79 Å². The summed E-state index contributed by atoms with van der Waals surface area (Å²) in [5, 5.41) is 2.52. The summed E-state index contributed by atoms with van der Waals surface area (Å²) in [7, 11) is 0. The number of hydrogen-bond acceptors (Lipinski definition) is 2. The number of fused-ring (bicyclic) bond motifs is 1. The molecule has 0 heterocycles. The van der Waals surface area contributed by atoms with Gasteiger partial charge in [-0.15, -0.1) is 0 Å². The molecule has 0 aromatic heterocycles. The van der Waals surface area contributed by atoms with E-state index in [4.69, 9.17) is 5.73 Å². The molecule has 104 valence electrons. The molecule has 0 radical (unpaired) electrons. The van der Waals surface area contributed by atoms with Crippen molar-refractivity contribution in [2.45, 2.75) is 25.8 Å². The Bertz CT molecular complexity index is 632. The number of carbonyl (C=O) groups excluding carboxylic acids is 1. The molecule has 2 aromatic carbocycles. The summed E-state index contributed by atoms with van der Waals surface area (Å²) in [6, 6.07) is 15.4. The molecule has 3 rings (SSSR count). The van der Waals surface area contributed by atoms with Crippen molar-refractivity contribution in [1.29, 1.82) is 0 Å². The quantitative estimate of drug-likeness (QED) is 0.926. The van der Waals surface area contributed by atoms with E-state index in [2.05, 4.69) is 54.3 Å². The zero-order chi connectivity index (χ0) is 14.1. The number of carbonyl (C=O) groups is 1. The first kappa shape index (κ1) is 13.0. The molecular formula is C17H20N2O. The summed E-state index contributed by atoms with van der Waals surface area (Å²) in [6.07, 6.45) is 1.77. The van der Waals surface area contributed by atoms with E-state index in [0.29, 0.717) is 6.04 Å². The average Bonchev–Trinajstić information content (AvgIpc) is 2.41. The molecule has 0 spiro atoms. The highest BCUT2D eigenvalue weighted by molar-refractivity contribution is 5.86. The number of hydrogen-bond donors (Lipinski definition) is 1. The molecule has 1 saturated carbocycles. The Morgan fingerprint density at radius 3 is 2.55 bits per heavy atom. The fourth-order valence-electron chi connectivity index (χ4n) is 3.08. The first-order valence-electron chi connectivity index (χ1n) is 7.23. The molecule has 0 saturated heterocycles. The lowest BCUT2D eigenvalue weighted by Crippen LogP contribution is -2.48. The van der Waals surface area contributed by atoms with Gasteiger partial charge in [0.05, 0.1) is 0 Å². The molecule has 0 bridgehead atoms. The Kier molecular flexibility index (Phi) is 3.35. The Morgan fingerprint density at radius 1 is 1.20 bits per heavy atom. The van der Waals surface area contributed by atoms with Gasteiger partial charge >= 0.3 is 0 Å². The smallest absolute Gasteiger partial charge is 0.220 e. The first-order valence-corrected chi connectivity index (χ1v) is 7.23. The van der Waals surface area contributed by atoms with E-state index in [0.717, 1.165) is 19.4 Å². The third kappa shape index (κ3) is 2.24. The number of amides is 1. The minimum atomic E-state index is -0.157. The minimum Gasteiger partial charge on any atom is -0.369 e.